The highest BCUT2D eigenvalue weighted by molar-refractivity contribution is 6.04. The smallest absolute Gasteiger partial charge is 0.253 e. The first-order valence-electron chi connectivity index (χ1n) is 10.2. The summed E-state index contributed by atoms with van der Waals surface area (Å²) < 4.78 is 0. The summed E-state index contributed by atoms with van der Waals surface area (Å²) in [6.07, 6.45) is 8.32. The van der Waals surface area contributed by atoms with Gasteiger partial charge in [0.05, 0.1) is 24.3 Å². The Morgan fingerprint density at radius 3 is 2.86 bits per heavy atom. The maximum atomic E-state index is 12.8. The molecule has 2 aliphatic rings. The number of allylic oxidation sites excluding steroid dienone is 1. The molecule has 6 nitrogen and oxygen atoms in total. The van der Waals surface area contributed by atoms with Crippen LogP contribution in [-0.4, -0.2) is 29.4 Å². The average molecular weight is 390 g/mol. The first kappa shape index (κ1) is 19.2. The fourth-order valence-electron chi connectivity index (χ4n) is 3.88. The predicted molar refractivity (Wildman–Crippen MR) is 114 cm³/mol. The number of fused-ring (bicyclic) bond motifs is 1. The number of nitrogens with zero attached hydrogens (tertiary/aromatic N) is 2. The second-order valence-corrected chi connectivity index (χ2v) is 7.63. The lowest BCUT2D eigenvalue weighted by molar-refractivity contribution is -0.117. The number of amides is 2. The number of pyridine rings is 1. The zero-order chi connectivity index (χ0) is 20.2. The molecule has 6 heteroatoms. The van der Waals surface area contributed by atoms with Crippen LogP contribution in [0.3, 0.4) is 0 Å². The van der Waals surface area contributed by atoms with Crippen molar-refractivity contribution in [3.05, 3.63) is 65.4 Å². The van der Waals surface area contributed by atoms with E-state index >= 15 is 0 Å². The highest BCUT2D eigenvalue weighted by Gasteiger charge is 2.26. The van der Waals surface area contributed by atoms with Gasteiger partial charge in [0, 0.05) is 12.2 Å². The van der Waals surface area contributed by atoms with Crippen LogP contribution in [0.25, 0.3) is 0 Å². The number of carbonyl (C=O) groups excluding carboxylic acids is 2. The van der Waals surface area contributed by atoms with E-state index in [4.69, 9.17) is 0 Å². The summed E-state index contributed by atoms with van der Waals surface area (Å²) in [5.74, 6) is 0.415. The van der Waals surface area contributed by atoms with Gasteiger partial charge in [0.25, 0.3) is 5.91 Å². The van der Waals surface area contributed by atoms with Crippen LogP contribution >= 0.6 is 0 Å². The molecule has 0 radical (unpaired) electrons. The fraction of sp³-hybridized carbons (Fsp3) is 0.348. The molecule has 0 spiro atoms. The Hall–Kier alpha value is -3.15. The summed E-state index contributed by atoms with van der Waals surface area (Å²) in [6, 6.07) is 11.6. The number of aromatic nitrogens is 1. The summed E-state index contributed by atoms with van der Waals surface area (Å²) in [5.41, 5.74) is 3.42. The molecule has 1 atom stereocenters. The van der Waals surface area contributed by atoms with Crippen LogP contribution in [0.15, 0.2) is 54.2 Å². The third-order valence-corrected chi connectivity index (χ3v) is 5.54. The molecule has 0 saturated carbocycles. The number of hydrogen-bond acceptors (Lipinski definition) is 4. The zero-order valence-electron chi connectivity index (χ0n) is 16.6. The van der Waals surface area contributed by atoms with E-state index in [0.29, 0.717) is 23.6 Å². The van der Waals surface area contributed by atoms with E-state index in [1.165, 1.54) is 18.4 Å². The van der Waals surface area contributed by atoms with Gasteiger partial charge in [-0.3, -0.25) is 9.59 Å². The van der Waals surface area contributed by atoms with Crippen molar-refractivity contribution in [3.63, 3.8) is 0 Å². The van der Waals surface area contributed by atoms with Crippen LogP contribution in [0, 0.1) is 0 Å². The average Bonchev–Trinajstić information content (AvgIpc) is 2.76. The van der Waals surface area contributed by atoms with Crippen molar-refractivity contribution in [2.24, 2.45) is 0 Å². The van der Waals surface area contributed by atoms with Crippen LogP contribution in [0.4, 0.5) is 11.5 Å². The maximum absolute atomic E-state index is 12.8. The van der Waals surface area contributed by atoms with E-state index in [0.717, 1.165) is 18.4 Å². The minimum atomic E-state index is -0.169. The molecule has 1 aliphatic carbocycles. The van der Waals surface area contributed by atoms with Gasteiger partial charge < -0.3 is 15.5 Å². The Morgan fingerprint density at radius 2 is 2.10 bits per heavy atom. The number of anilines is 2. The highest BCUT2D eigenvalue weighted by Crippen LogP contribution is 2.30. The van der Waals surface area contributed by atoms with Crippen molar-refractivity contribution in [3.8, 4) is 0 Å². The summed E-state index contributed by atoms with van der Waals surface area (Å²) in [4.78, 5) is 31.5. The Balaban J connectivity index is 1.55. The van der Waals surface area contributed by atoms with Gasteiger partial charge in [-0.1, -0.05) is 42.0 Å². The summed E-state index contributed by atoms with van der Waals surface area (Å²) in [5, 5.41) is 6.12. The molecule has 0 fully saturated rings. The van der Waals surface area contributed by atoms with Crippen molar-refractivity contribution >= 4 is 23.3 Å². The molecule has 29 heavy (non-hydrogen) atoms. The molecule has 0 bridgehead atoms. The summed E-state index contributed by atoms with van der Waals surface area (Å²) >= 11 is 0. The molecule has 1 unspecified atom stereocenters. The third-order valence-electron chi connectivity index (χ3n) is 5.54. The monoisotopic (exact) mass is 390 g/mol. The fourth-order valence-corrected chi connectivity index (χ4v) is 3.88. The van der Waals surface area contributed by atoms with Gasteiger partial charge in [-0.15, -0.1) is 0 Å². The minimum absolute atomic E-state index is 0.000916. The largest absolute Gasteiger partial charge is 0.359 e. The lowest BCUT2D eigenvalue weighted by atomic mass is 9.94. The molecule has 150 valence electrons. The Morgan fingerprint density at radius 1 is 1.28 bits per heavy atom. The summed E-state index contributed by atoms with van der Waals surface area (Å²) in [6.45, 7) is 2.67. The van der Waals surface area contributed by atoms with Crippen LogP contribution in [0.2, 0.25) is 0 Å². The third kappa shape index (κ3) is 4.31. The van der Waals surface area contributed by atoms with Crippen molar-refractivity contribution < 1.29 is 9.59 Å². The highest BCUT2D eigenvalue weighted by atomic mass is 16.2. The van der Waals surface area contributed by atoms with Crippen LogP contribution in [-0.2, 0) is 11.3 Å². The van der Waals surface area contributed by atoms with Gasteiger partial charge in [-0.25, -0.2) is 4.98 Å². The van der Waals surface area contributed by atoms with E-state index in [-0.39, 0.29) is 24.4 Å². The van der Waals surface area contributed by atoms with Crippen molar-refractivity contribution in [1.82, 2.24) is 10.3 Å². The topological polar surface area (TPSA) is 74.3 Å². The van der Waals surface area contributed by atoms with Gasteiger partial charge >= 0.3 is 0 Å². The van der Waals surface area contributed by atoms with Gasteiger partial charge in [0.2, 0.25) is 5.91 Å². The first-order chi connectivity index (χ1) is 14.1. The maximum Gasteiger partial charge on any atom is 0.253 e. The molecule has 1 aromatic heterocycles. The van der Waals surface area contributed by atoms with Crippen molar-refractivity contribution in [2.75, 3.05) is 16.8 Å². The number of hydrogen-bond donors (Lipinski definition) is 2. The van der Waals surface area contributed by atoms with Crippen LogP contribution in [0.1, 0.15) is 48.5 Å². The second kappa shape index (κ2) is 8.47. The molecular weight excluding hydrogens is 364 g/mol. The normalized spacial score (nSPS) is 17.1. The van der Waals surface area contributed by atoms with Gasteiger partial charge in [0.1, 0.15) is 0 Å². The van der Waals surface area contributed by atoms with E-state index in [2.05, 4.69) is 21.7 Å². The number of nitrogens with one attached hydrogen (secondary N) is 2. The van der Waals surface area contributed by atoms with E-state index in [1.807, 2.05) is 37.3 Å². The molecule has 2 aromatic rings. The number of carbonyl (C=O) groups is 2. The van der Waals surface area contributed by atoms with Gasteiger partial charge in [0.15, 0.2) is 5.82 Å². The quantitative estimate of drug-likeness (QED) is 0.764. The second-order valence-electron chi connectivity index (χ2n) is 7.63. The van der Waals surface area contributed by atoms with E-state index in [1.54, 1.807) is 17.2 Å². The molecule has 1 aromatic carbocycles. The Kier molecular flexibility index (Phi) is 5.60. The predicted octanol–water partition coefficient (Wildman–Crippen LogP) is 3.66. The first-order valence-corrected chi connectivity index (χ1v) is 10.2. The Labute approximate surface area is 171 Å². The lowest BCUT2D eigenvalue weighted by Crippen LogP contribution is -2.40. The van der Waals surface area contributed by atoms with Crippen LogP contribution < -0.4 is 15.5 Å². The number of benzene rings is 1. The molecule has 2 heterocycles. The van der Waals surface area contributed by atoms with Crippen molar-refractivity contribution in [2.45, 2.75) is 45.2 Å². The SMILES string of the molecule is CC(NC(=O)c1cnc2c(c1)N(Cc1ccccc1)C(=O)CN2)C1=CCCCC1. The minimum Gasteiger partial charge on any atom is -0.359 e. The molecule has 0 saturated heterocycles. The summed E-state index contributed by atoms with van der Waals surface area (Å²) in [7, 11) is 0. The van der Waals surface area contributed by atoms with E-state index in [9.17, 15) is 9.59 Å². The van der Waals surface area contributed by atoms with E-state index < -0.39 is 0 Å². The molecule has 2 N–H and O–H groups in total. The van der Waals surface area contributed by atoms with Gasteiger partial charge in [-0.2, -0.15) is 0 Å². The van der Waals surface area contributed by atoms with Gasteiger partial charge in [-0.05, 0) is 44.2 Å². The zero-order valence-corrected chi connectivity index (χ0v) is 16.6. The molecule has 4 rings (SSSR count). The number of rotatable bonds is 5. The molecule has 2 amide bonds. The molecule has 1 aliphatic heterocycles. The standard InChI is InChI=1S/C23H26N4O2/c1-16(18-10-6-3-7-11-18)26-23(29)19-12-20-22(24-13-19)25-14-21(28)27(20)15-17-8-4-2-5-9-17/h2,4-5,8-10,12-13,16H,3,6-7,11,14-15H2,1H3,(H,24,25)(H,26,29). The van der Waals surface area contributed by atoms with Crippen molar-refractivity contribution in [1.29, 1.82) is 0 Å². The lowest BCUT2D eigenvalue weighted by Gasteiger charge is -2.30. The molecular formula is C23H26N4O2. The Bertz CT molecular complexity index is 939. The van der Waals surface area contributed by atoms with Crippen LogP contribution in [0.5, 0.6) is 0 Å².